The largest absolute Gasteiger partial charge is 0.296 e. The Morgan fingerprint density at radius 2 is 2.44 bits per heavy atom. The molecule has 1 unspecified atom stereocenters. The number of rotatable bonds is 3. The van der Waals surface area contributed by atoms with Crippen LogP contribution in [0.5, 0.6) is 0 Å². The van der Waals surface area contributed by atoms with Crippen LogP contribution in [0.4, 0.5) is 0 Å². The molecule has 0 amide bonds. The van der Waals surface area contributed by atoms with Crippen molar-refractivity contribution in [2.75, 3.05) is 0 Å². The van der Waals surface area contributed by atoms with Crippen LogP contribution in [0.3, 0.4) is 0 Å². The van der Waals surface area contributed by atoms with Gasteiger partial charge in [0.1, 0.15) is 6.07 Å². The summed E-state index contributed by atoms with van der Waals surface area (Å²) < 4.78 is 0. The van der Waals surface area contributed by atoms with Crippen molar-refractivity contribution in [2.24, 2.45) is 5.18 Å². The Hall–Kier alpha value is -1.24. The van der Waals surface area contributed by atoms with Crippen LogP contribution in [-0.2, 0) is 4.79 Å². The van der Waals surface area contributed by atoms with Crippen molar-refractivity contribution in [3.05, 3.63) is 4.91 Å². The number of carbonyl (C=O) groups excluding carboxylic acids is 1. The minimum absolute atomic E-state index is 0.184. The molecule has 0 aromatic carbocycles. The van der Waals surface area contributed by atoms with Crippen LogP contribution >= 0.6 is 0 Å². The maximum atomic E-state index is 10.5. The summed E-state index contributed by atoms with van der Waals surface area (Å²) >= 11 is 0. The van der Waals surface area contributed by atoms with Gasteiger partial charge in [0.2, 0.25) is 6.04 Å². The fraction of sp³-hybridized carbons (Fsp3) is 0.600. The van der Waals surface area contributed by atoms with E-state index in [9.17, 15) is 9.70 Å². The zero-order chi connectivity index (χ0) is 7.28. The van der Waals surface area contributed by atoms with Gasteiger partial charge in [0, 0.05) is 6.42 Å². The molecule has 0 bridgehead atoms. The second kappa shape index (κ2) is 3.72. The second-order valence-corrected chi connectivity index (χ2v) is 1.46. The zero-order valence-corrected chi connectivity index (χ0v) is 5.00. The molecule has 0 heterocycles. The lowest BCUT2D eigenvalue weighted by atomic mass is 10.2. The highest BCUT2D eigenvalue weighted by atomic mass is 16.3. The van der Waals surface area contributed by atoms with Crippen molar-refractivity contribution in [3.8, 4) is 6.07 Å². The molecule has 1 atom stereocenters. The van der Waals surface area contributed by atoms with Crippen molar-refractivity contribution in [2.45, 2.75) is 19.4 Å². The smallest absolute Gasteiger partial charge is 0.235 e. The van der Waals surface area contributed by atoms with E-state index in [0.717, 1.165) is 0 Å². The number of ketones is 1. The van der Waals surface area contributed by atoms with Crippen LogP contribution in [0.25, 0.3) is 0 Å². The first-order chi connectivity index (χ1) is 4.26. The minimum Gasteiger partial charge on any atom is -0.296 e. The van der Waals surface area contributed by atoms with Crippen molar-refractivity contribution >= 4 is 5.78 Å². The zero-order valence-electron chi connectivity index (χ0n) is 5.00. The molecule has 0 aromatic heterocycles. The maximum absolute atomic E-state index is 10.5. The lowest BCUT2D eigenvalue weighted by Crippen LogP contribution is -2.13. The Morgan fingerprint density at radius 1 is 1.89 bits per heavy atom. The highest BCUT2D eigenvalue weighted by Crippen LogP contribution is 1.93. The van der Waals surface area contributed by atoms with Gasteiger partial charge in [0.15, 0.2) is 5.78 Å². The molecule has 0 aromatic rings. The van der Waals surface area contributed by atoms with E-state index in [1.165, 1.54) is 6.07 Å². The number of nitroso groups, excluding NO2 is 1. The van der Waals surface area contributed by atoms with Gasteiger partial charge in [-0.2, -0.15) is 5.26 Å². The van der Waals surface area contributed by atoms with E-state index >= 15 is 0 Å². The summed E-state index contributed by atoms with van der Waals surface area (Å²) in [5, 5.41) is 10.4. The SMILES string of the molecule is CCC(=O)C(C#N)N=O. The van der Waals surface area contributed by atoms with Crippen molar-refractivity contribution in [1.29, 1.82) is 5.26 Å². The van der Waals surface area contributed by atoms with Gasteiger partial charge in [-0.05, 0) is 5.18 Å². The molecule has 0 radical (unpaired) electrons. The molecule has 0 fully saturated rings. The average molecular weight is 126 g/mol. The Bertz CT molecular complexity index is 159. The van der Waals surface area contributed by atoms with Crippen LogP contribution in [-0.4, -0.2) is 11.8 Å². The lowest BCUT2D eigenvalue weighted by molar-refractivity contribution is -0.118. The van der Waals surface area contributed by atoms with Gasteiger partial charge < -0.3 is 0 Å². The van der Waals surface area contributed by atoms with Gasteiger partial charge in [0.05, 0.1) is 0 Å². The van der Waals surface area contributed by atoms with Gasteiger partial charge >= 0.3 is 0 Å². The molecule has 0 N–H and O–H groups in total. The van der Waals surface area contributed by atoms with Crippen LogP contribution < -0.4 is 0 Å². The summed E-state index contributed by atoms with van der Waals surface area (Å²) in [5.41, 5.74) is 0. The van der Waals surface area contributed by atoms with E-state index in [1.807, 2.05) is 0 Å². The van der Waals surface area contributed by atoms with E-state index in [0.29, 0.717) is 0 Å². The summed E-state index contributed by atoms with van der Waals surface area (Å²) in [6.07, 6.45) is 0.184. The number of Topliss-reactive ketones (excluding diaryl/α,β-unsaturated/α-hetero) is 1. The van der Waals surface area contributed by atoms with Crippen LogP contribution in [0, 0.1) is 16.2 Å². The number of hydrogen-bond acceptors (Lipinski definition) is 4. The van der Waals surface area contributed by atoms with Crippen LogP contribution in [0.1, 0.15) is 13.3 Å². The molecule has 0 saturated heterocycles. The predicted octanol–water partition coefficient (Wildman–Crippen LogP) is 0.624. The quantitative estimate of drug-likeness (QED) is 0.520. The molecule has 4 nitrogen and oxygen atoms in total. The molecule has 0 aliphatic rings. The molecular weight excluding hydrogens is 120 g/mol. The van der Waals surface area contributed by atoms with E-state index < -0.39 is 11.8 Å². The Balaban J connectivity index is 3.99. The van der Waals surface area contributed by atoms with Gasteiger partial charge in [-0.15, -0.1) is 4.91 Å². The Kier molecular flexibility index (Phi) is 3.21. The molecule has 48 valence electrons. The summed E-state index contributed by atoms with van der Waals surface area (Å²) in [6, 6.07) is 0.177. The standard InChI is InChI=1S/C5H6N2O2/c1-2-5(8)4(3-6)7-9/h4H,2H2,1H3. The van der Waals surface area contributed by atoms with E-state index in [2.05, 4.69) is 5.18 Å². The third-order valence-electron chi connectivity index (χ3n) is 0.881. The number of nitrogens with zero attached hydrogens (tertiary/aromatic N) is 2. The number of nitriles is 1. The molecule has 0 aliphatic carbocycles. The predicted molar refractivity (Wildman–Crippen MR) is 30.5 cm³/mol. The van der Waals surface area contributed by atoms with Crippen LogP contribution in [0.15, 0.2) is 5.18 Å². The summed E-state index contributed by atoms with van der Waals surface area (Å²) in [5.74, 6) is -0.424. The van der Waals surface area contributed by atoms with Crippen molar-refractivity contribution in [3.63, 3.8) is 0 Å². The van der Waals surface area contributed by atoms with E-state index in [1.54, 1.807) is 6.92 Å². The van der Waals surface area contributed by atoms with E-state index in [-0.39, 0.29) is 6.42 Å². The molecule has 0 rings (SSSR count). The lowest BCUT2D eigenvalue weighted by Gasteiger charge is -1.91. The molecule has 0 aliphatic heterocycles. The molecule has 4 heteroatoms. The van der Waals surface area contributed by atoms with Gasteiger partial charge in [-0.25, -0.2) is 0 Å². The summed E-state index contributed by atoms with van der Waals surface area (Å²) in [4.78, 5) is 20.1. The van der Waals surface area contributed by atoms with Gasteiger partial charge in [-0.1, -0.05) is 6.92 Å². The molecule has 0 saturated carbocycles. The third kappa shape index (κ3) is 2.00. The fourth-order valence-electron chi connectivity index (χ4n) is 0.348. The highest BCUT2D eigenvalue weighted by molar-refractivity contribution is 5.86. The van der Waals surface area contributed by atoms with Gasteiger partial charge in [0.25, 0.3) is 0 Å². The first-order valence-corrected chi connectivity index (χ1v) is 2.51. The van der Waals surface area contributed by atoms with Crippen molar-refractivity contribution in [1.82, 2.24) is 0 Å². The average Bonchev–Trinajstić information content (AvgIpc) is 1.90. The van der Waals surface area contributed by atoms with Crippen molar-refractivity contribution < 1.29 is 4.79 Å². The first kappa shape index (κ1) is 7.76. The summed E-state index contributed by atoms with van der Waals surface area (Å²) in [7, 11) is 0. The summed E-state index contributed by atoms with van der Waals surface area (Å²) in [6.45, 7) is 1.58. The second-order valence-electron chi connectivity index (χ2n) is 1.46. The van der Waals surface area contributed by atoms with Gasteiger partial charge in [-0.3, -0.25) is 4.79 Å². The first-order valence-electron chi connectivity index (χ1n) is 2.51. The Morgan fingerprint density at radius 3 is 2.56 bits per heavy atom. The Labute approximate surface area is 52.4 Å². The molecule has 0 spiro atoms. The monoisotopic (exact) mass is 126 g/mol. The normalized spacial score (nSPS) is 11.6. The maximum Gasteiger partial charge on any atom is 0.235 e. The fourth-order valence-corrected chi connectivity index (χ4v) is 0.348. The number of hydrogen-bond donors (Lipinski definition) is 0. The van der Waals surface area contributed by atoms with E-state index in [4.69, 9.17) is 5.26 Å². The number of carbonyl (C=O) groups is 1. The van der Waals surface area contributed by atoms with Crippen LogP contribution in [0.2, 0.25) is 0 Å². The topological polar surface area (TPSA) is 70.3 Å². The minimum atomic E-state index is -1.30. The third-order valence-corrected chi connectivity index (χ3v) is 0.881. The molecular formula is C5H6N2O2. The highest BCUT2D eigenvalue weighted by Gasteiger charge is 2.14. The molecule has 9 heavy (non-hydrogen) atoms.